The van der Waals surface area contributed by atoms with Gasteiger partial charge in [-0.25, -0.2) is 8.42 Å². The van der Waals surface area contributed by atoms with Gasteiger partial charge in [0.05, 0.1) is 39.0 Å². The molecule has 45 heavy (non-hydrogen) atoms. The number of amides is 2. The number of carbonyl (C=O) groups is 2. The van der Waals surface area contributed by atoms with Crippen LogP contribution < -0.4 is 28.6 Å². The minimum atomic E-state index is -4.46. The van der Waals surface area contributed by atoms with Crippen LogP contribution >= 0.6 is 11.6 Å². The minimum Gasteiger partial charge on any atom is -0.497 e. The molecule has 0 heterocycles. The van der Waals surface area contributed by atoms with Crippen molar-refractivity contribution in [3.05, 3.63) is 71.2 Å². The predicted molar refractivity (Wildman–Crippen MR) is 173 cm³/mol. The van der Waals surface area contributed by atoms with E-state index in [-0.39, 0.29) is 34.5 Å². The molecule has 0 spiro atoms. The van der Waals surface area contributed by atoms with Gasteiger partial charge in [0.1, 0.15) is 24.1 Å². The first-order valence-corrected chi connectivity index (χ1v) is 16.0. The van der Waals surface area contributed by atoms with Crippen LogP contribution in [0.25, 0.3) is 0 Å². The average Bonchev–Trinajstić information content (AvgIpc) is 3.04. The first kappa shape index (κ1) is 35.3. The monoisotopic (exact) mass is 661 g/mol. The van der Waals surface area contributed by atoms with Gasteiger partial charge in [0, 0.05) is 30.2 Å². The van der Waals surface area contributed by atoms with Crippen molar-refractivity contribution in [1.29, 1.82) is 0 Å². The third kappa shape index (κ3) is 8.52. The van der Waals surface area contributed by atoms with E-state index >= 15 is 0 Å². The Labute approximate surface area is 270 Å². The molecule has 2 amide bonds. The van der Waals surface area contributed by atoms with E-state index in [1.807, 2.05) is 13.8 Å². The minimum absolute atomic E-state index is 0.0474. The standard InChI is InChI=1S/C32H40ClN3O8S/c1-21(2)18-34-32(38)22(3)35(19-23-10-8-9-11-26(23)33)31(37)20-36(27-16-24(41-4)12-14-28(27)42-5)45(39,40)25-13-15-29(43-6)30(17-25)44-7/h8-17,21-22H,18-20H2,1-7H3,(H,34,38)/t22-/m0/s1. The molecule has 0 aromatic heterocycles. The van der Waals surface area contributed by atoms with Crippen LogP contribution in [0.15, 0.2) is 65.6 Å². The Balaban J connectivity index is 2.17. The Morgan fingerprint density at radius 1 is 0.844 bits per heavy atom. The summed E-state index contributed by atoms with van der Waals surface area (Å²) in [5, 5.41) is 3.25. The van der Waals surface area contributed by atoms with Crippen molar-refractivity contribution in [3.63, 3.8) is 0 Å². The van der Waals surface area contributed by atoms with Crippen molar-refractivity contribution in [3.8, 4) is 23.0 Å². The highest BCUT2D eigenvalue weighted by molar-refractivity contribution is 7.92. The normalized spacial score (nSPS) is 11.8. The summed E-state index contributed by atoms with van der Waals surface area (Å²) >= 11 is 6.44. The molecule has 0 aliphatic carbocycles. The van der Waals surface area contributed by atoms with Crippen LogP contribution in [-0.2, 0) is 26.2 Å². The molecular weight excluding hydrogens is 622 g/mol. The number of nitrogens with one attached hydrogen (secondary N) is 1. The molecule has 244 valence electrons. The Bertz CT molecular complexity index is 1600. The Hall–Kier alpha value is -4.16. The number of hydrogen-bond donors (Lipinski definition) is 1. The van der Waals surface area contributed by atoms with Gasteiger partial charge in [0.2, 0.25) is 11.8 Å². The lowest BCUT2D eigenvalue weighted by molar-refractivity contribution is -0.139. The SMILES string of the molecule is COc1ccc(OC)c(N(CC(=O)N(Cc2ccccc2Cl)[C@@H](C)C(=O)NCC(C)C)S(=O)(=O)c2ccc(OC)c(OC)c2)c1. The molecule has 0 unspecified atom stereocenters. The van der Waals surface area contributed by atoms with E-state index < -0.39 is 34.4 Å². The van der Waals surface area contributed by atoms with E-state index in [0.29, 0.717) is 28.6 Å². The molecular formula is C32H40ClN3O8S. The average molecular weight is 662 g/mol. The molecule has 0 aliphatic rings. The lowest BCUT2D eigenvalue weighted by atomic mass is 10.1. The number of benzene rings is 3. The molecule has 13 heteroatoms. The number of anilines is 1. The van der Waals surface area contributed by atoms with Gasteiger partial charge >= 0.3 is 0 Å². The molecule has 0 radical (unpaired) electrons. The summed E-state index contributed by atoms with van der Waals surface area (Å²) in [6.07, 6.45) is 0. The molecule has 3 rings (SSSR count). The first-order valence-electron chi connectivity index (χ1n) is 14.1. The lowest BCUT2D eigenvalue weighted by Crippen LogP contribution is -2.51. The second-order valence-electron chi connectivity index (χ2n) is 10.5. The predicted octanol–water partition coefficient (Wildman–Crippen LogP) is 4.76. The van der Waals surface area contributed by atoms with Crippen LogP contribution in [0.1, 0.15) is 26.3 Å². The number of nitrogens with zero attached hydrogens (tertiary/aromatic N) is 2. The van der Waals surface area contributed by atoms with Gasteiger partial charge in [-0.05, 0) is 48.7 Å². The second kappa shape index (κ2) is 15.7. The van der Waals surface area contributed by atoms with Crippen molar-refractivity contribution in [2.24, 2.45) is 5.92 Å². The number of halogens is 1. The Kier molecular flexibility index (Phi) is 12.3. The quantitative estimate of drug-likeness (QED) is 0.247. The molecule has 0 fully saturated rings. The van der Waals surface area contributed by atoms with Crippen LogP contribution in [0.2, 0.25) is 5.02 Å². The largest absolute Gasteiger partial charge is 0.497 e. The molecule has 11 nitrogen and oxygen atoms in total. The number of ether oxygens (including phenoxy) is 4. The molecule has 0 bridgehead atoms. The van der Waals surface area contributed by atoms with E-state index in [9.17, 15) is 18.0 Å². The highest BCUT2D eigenvalue weighted by atomic mass is 35.5. The lowest BCUT2D eigenvalue weighted by Gasteiger charge is -2.32. The molecule has 3 aromatic rings. The van der Waals surface area contributed by atoms with Gasteiger partial charge in [-0.2, -0.15) is 0 Å². The number of methoxy groups -OCH3 is 4. The van der Waals surface area contributed by atoms with Gasteiger partial charge in [0.15, 0.2) is 11.5 Å². The van der Waals surface area contributed by atoms with Gasteiger partial charge in [-0.3, -0.25) is 13.9 Å². The number of carbonyl (C=O) groups excluding carboxylic acids is 2. The highest BCUT2D eigenvalue weighted by Crippen LogP contribution is 2.38. The number of hydrogen-bond acceptors (Lipinski definition) is 8. The second-order valence-corrected chi connectivity index (χ2v) is 12.8. The van der Waals surface area contributed by atoms with E-state index in [1.54, 1.807) is 43.3 Å². The molecule has 1 N–H and O–H groups in total. The Morgan fingerprint density at radius 3 is 2.09 bits per heavy atom. The molecule has 3 aromatic carbocycles. The van der Waals surface area contributed by atoms with Crippen molar-refractivity contribution in [2.75, 3.05) is 45.8 Å². The summed E-state index contributed by atoms with van der Waals surface area (Å²) < 4.78 is 51.2. The zero-order valence-electron chi connectivity index (χ0n) is 26.5. The summed E-state index contributed by atoms with van der Waals surface area (Å²) in [5.74, 6) is 0.140. The maximum absolute atomic E-state index is 14.4. The van der Waals surface area contributed by atoms with Crippen LogP contribution in [0.3, 0.4) is 0 Å². The maximum atomic E-state index is 14.4. The van der Waals surface area contributed by atoms with E-state index in [4.69, 9.17) is 30.5 Å². The summed E-state index contributed by atoms with van der Waals surface area (Å²) in [7, 11) is 1.19. The summed E-state index contributed by atoms with van der Waals surface area (Å²) in [6, 6.07) is 14.7. The Morgan fingerprint density at radius 2 is 1.49 bits per heavy atom. The van der Waals surface area contributed by atoms with Crippen molar-refractivity contribution >= 4 is 39.1 Å². The number of sulfonamides is 1. The summed E-state index contributed by atoms with van der Waals surface area (Å²) in [4.78, 5) is 28.6. The molecule has 0 saturated heterocycles. The zero-order chi connectivity index (χ0) is 33.3. The van der Waals surface area contributed by atoms with Gasteiger partial charge < -0.3 is 29.2 Å². The number of rotatable bonds is 15. The van der Waals surface area contributed by atoms with E-state index in [1.165, 1.54) is 57.6 Å². The first-order chi connectivity index (χ1) is 21.4. The molecule has 1 atom stereocenters. The van der Waals surface area contributed by atoms with Crippen molar-refractivity contribution < 1.29 is 37.0 Å². The molecule has 0 saturated carbocycles. The molecule has 0 aliphatic heterocycles. The van der Waals surface area contributed by atoms with Gasteiger partial charge in [-0.15, -0.1) is 0 Å². The van der Waals surface area contributed by atoms with Crippen LogP contribution in [0.5, 0.6) is 23.0 Å². The van der Waals surface area contributed by atoms with Crippen LogP contribution in [0, 0.1) is 5.92 Å². The fourth-order valence-corrected chi connectivity index (χ4v) is 6.08. The summed E-state index contributed by atoms with van der Waals surface area (Å²) in [6.45, 7) is 5.16. The van der Waals surface area contributed by atoms with Crippen LogP contribution in [-0.4, -0.2) is 72.7 Å². The third-order valence-electron chi connectivity index (χ3n) is 7.03. The van der Waals surface area contributed by atoms with Crippen molar-refractivity contribution in [1.82, 2.24) is 10.2 Å². The van der Waals surface area contributed by atoms with E-state index in [2.05, 4.69) is 5.32 Å². The summed E-state index contributed by atoms with van der Waals surface area (Å²) in [5.41, 5.74) is 0.638. The van der Waals surface area contributed by atoms with Gasteiger partial charge in [0.25, 0.3) is 10.0 Å². The third-order valence-corrected chi connectivity index (χ3v) is 9.15. The smallest absolute Gasteiger partial charge is 0.265 e. The zero-order valence-corrected chi connectivity index (χ0v) is 28.1. The fourth-order valence-electron chi connectivity index (χ4n) is 4.45. The van der Waals surface area contributed by atoms with Crippen molar-refractivity contribution in [2.45, 2.75) is 38.3 Å². The highest BCUT2D eigenvalue weighted by Gasteiger charge is 2.35. The fraction of sp³-hybridized carbons (Fsp3) is 0.375. The van der Waals surface area contributed by atoms with Crippen LogP contribution in [0.4, 0.5) is 5.69 Å². The maximum Gasteiger partial charge on any atom is 0.265 e. The van der Waals surface area contributed by atoms with E-state index in [0.717, 1.165) is 4.31 Å². The topological polar surface area (TPSA) is 124 Å². The van der Waals surface area contributed by atoms with Gasteiger partial charge in [-0.1, -0.05) is 43.6 Å².